The summed E-state index contributed by atoms with van der Waals surface area (Å²) in [6, 6.07) is 44.4. The molecule has 5 heteroatoms. The molecule has 0 N–H and O–H groups in total. The fourth-order valence-corrected chi connectivity index (χ4v) is 28.9. The SMILES string of the molecule is CC(C)c1cc(C(C)C)c(-c2ccccc2P(C(C)(C)C)C(C)(C)C)c(C(C)C)c1.CC(C)c1cc(C(C)C)c(-c2ccccc2P(C2CCCCC2)C2CCCCC2)c(C(C)C)c1.COc1cccc(OC)c1-c1ccccc1P(C1CCCCC1)C1CCCCC1. The third-order valence-corrected chi connectivity index (χ3v) is 31.9. The van der Waals surface area contributed by atoms with Gasteiger partial charge in [-0.1, -0.05) is 329 Å². The minimum absolute atomic E-state index is 0.120. The van der Waals surface area contributed by atoms with Crippen LogP contribution < -0.4 is 25.4 Å². The van der Waals surface area contributed by atoms with Gasteiger partial charge in [-0.2, -0.15) is 0 Å². The molecule has 6 aromatic carbocycles. The molecule has 4 aliphatic carbocycles. The van der Waals surface area contributed by atoms with Crippen molar-refractivity contribution in [2.45, 2.75) is 321 Å². The summed E-state index contributed by atoms with van der Waals surface area (Å²) in [6.45, 7) is 42.9. The van der Waals surface area contributed by atoms with Gasteiger partial charge in [0.15, 0.2) is 0 Å². The van der Waals surface area contributed by atoms with E-state index in [1.54, 1.807) is 52.4 Å². The second-order valence-corrected chi connectivity index (χ2v) is 41.7. The first-order valence-corrected chi connectivity index (χ1v) is 41.9. The van der Waals surface area contributed by atoms with Gasteiger partial charge in [0.25, 0.3) is 0 Å². The lowest BCUT2D eigenvalue weighted by molar-refractivity contribution is 0.397. The molecule has 0 saturated heterocycles. The monoisotopic (exact) mass is 1310 g/mol. The Morgan fingerprint density at radius 2 is 0.570 bits per heavy atom. The summed E-state index contributed by atoms with van der Waals surface area (Å²) in [5, 5.41) is 5.39. The minimum atomic E-state index is -0.366. The Bertz CT molecular complexity index is 3140. The van der Waals surface area contributed by atoms with E-state index in [1.807, 2.05) is 6.07 Å². The highest BCUT2D eigenvalue weighted by Crippen LogP contribution is 2.61. The number of rotatable bonds is 18. The highest BCUT2D eigenvalue weighted by atomic mass is 31.1. The number of methoxy groups -OCH3 is 2. The summed E-state index contributed by atoms with van der Waals surface area (Å²) in [5.74, 6) is 5.02. The van der Waals surface area contributed by atoms with Crippen molar-refractivity contribution in [3.8, 4) is 44.9 Å². The molecule has 508 valence electrons. The fourth-order valence-electron chi connectivity index (χ4n) is 16.9. The van der Waals surface area contributed by atoms with E-state index < -0.39 is 0 Å². The molecule has 4 saturated carbocycles. The van der Waals surface area contributed by atoms with Crippen LogP contribution in [0.15, 0.2) is 115 Å². The first kappa shape index (κ1) is 75.0. The van der Waals surface area contributed by atoms with Gasteiger partial charge >= 0.3 is 0 Å². The van der Waals surface area contributed by atoms with Gasteiger partial charge in [0.2, 0.25) is 0 Å². The van der Waals surface area contributed by atoms with Crippen molar-refractivity contribution in [1.82, 2.24) is 0 Å². The van der Waals surface area contributed by atoms with E-state index in [0.29, 0.717) is 35.5 Å². The lowest BCUT2D eigenvalue weighted by Crippen LogP contribution is -2.32. The van der Waals surface area contributed by atoms with Crippen LogP contribution in [-0.4, -0.2) is 47.2 Å². The average molecular weight is 1310 g/mol. The van der Waals surface area contributed by atoms with Gasteiger partial charge in [-0.05, 0) is 209 Å². The molecule has 0 atom stereocenters. The van der Waals surface area contributed by atoms with Gasteiger partial charge in [-0.25, -0.2) is 0 Å². The van der Waals surface area contributed by atoms with Crippen molar-refractivity contribution in [2.75, 3.05) is 14.2 Å². The van der Waals surface area contributed by atoms with Crippen LogP contribution in [0.2, 0.25) is 0 Å². The van der Waals surface area contributed by atoms with Crippen molar-refractivity contribution in [3.05, 3.63) is 149 Å². The Hall–Kier alpha value is -3.79. The quantitative estimate of drug-likeness (QED) is 0.0799. The van der Waals surface area contributed by atoms with E-state index in [4.69, 9.17) is 9.47 Å². The zero-order valence-corrected chi connectivity index (χ0v) is 65.2. The van der Waals surface area contributed by atoms with Gasteiger partial charge in [-0.3, -0.25) is 0 Å². The molecule has 0 bridgehead atoms. The van der Waals surface area contributed by atoms with Crippen molar-refractivity contribution in [3.63, 3.8) is 0 Å². The molecule has 93 heavy (non-hydrogen) atoms. The smallest absolute Gasteiger partial charge is 0.130 e. The number of benzene rings is 6. The van der Waals surface area contributed by atoms with Crippen LogP contribution in [0.1, 0.15) is 322 Å². The topological polar surface area (TPSA) is 18.5 Å². The predicted molar refractivity (Wildman–Crippen MR) is 420 cm³/mol. The molecule has 10 rings (SSSR count). The van der Waals surface area contributed by atoms with E-state index in [2.05, 4.69) is 234 Å². The van der Waals surface area contributed by atoms with Crippen LogP contribution in [0.3, 0.4) is 0 Å². The zero-order chi connectivity index (χ0) is 67.3. The van der Waals surface area contributed by atoms with Gasteiger partial charge in [0.05, 0.1) is 19.8 Å². The molecular formula is C88H129O2P3. The third kappa shape index (κ3) is 18.7. The second-order valence-electron chi connectivity index (χ2n) is 32.3. The third-order valence-electron chi connectivity index (χ3n) is 21.2. The van der Waals surface area contributed by atoms with Crippen LogP contribution in [0.5, 0.6) is 11.5 Å². The van der Waals surface area contributed by atoms with E-state index in [1.165, 1.54) is 167 Å². The molecule has 4 aliphatic rings. The van der Waals surface area contributed by atoms with Gasteiger partial charge < -0.3 is 9.47 Å². The highest BCUT2D eigenvalue weighted by Gasteiger charge is 2.39. The van der Waals surface area contributed by atoms with Crippen LogP contribution >= 0.6 is 23.8 Å². The largest absolute Gasteiger partial charge is 0.496 e. The summed E-state index contributed by atoms with van der Waals surface area (Å²) >= 11 is 0. The van der Waals surface area contributed by atoms with Crippen molar-refractivity contribution in [2.24, 2.45) is 0 Å². The minimum Gasteiger partial charge on any atom is -0.496 e. The Labute approximate surface area is 574 Å². The van der Waals surface area contributed by atoms with Gasteiger partial charge in [-0.15, -0.1) is 0 Å². The molecule has 2 nitrogen and oxygen atoms in total. The molecule has 0 unspecified atom stereocenters. The molecule has 0 heterocycles. The number of hydrogen-bond donors (Lipinski definition) is 0. The Kier molecular flexibility index (Phi) is 27.9. The molecule has 0 radical (unpaired) electrons. The summed E-state index contributed by atoms with van der Waals surface area (Å²) < 4.78 is 11.6. The Morgan fingerprint density at radius 1 is 0.312 bits per heavy atom. The van der Waals surface area contributed by atoms with E-state index in [9.17, 15) is 0 Å². The Morgan fingerprint density at radius 3 is 0.828 bits per heavy atom. The van der Waals surface area contributed by atoms with E-state index in [-0.39, 0.29) is 34.1 Å². The number of ether oxygens (including phenoxy) is 2. The van der Waals surface area contributed by atoms with Crippen LogP contribution in [0.4, 0.5) is 0 Å². The molecule has 0 spiro atoms. The maximum atomic E-state index is 5.80. The van der Waals surface area contributed by atoms with Crippen LogP contribution in [0, 0.1) is 0 Å². The van der Waals surface area contributed by atoms with E-state index >= 15 is 0 Å². The first-order chi connectivity index (χ1) is 44.4. The highest BCUT2D eigenvalue weighted by molar-refractivity contribution is 7.69. The molecular weight excluding hydrogens is 1180 g/mol. The van der Waals surface area contributed by atoms with Crippen molar-refractivity contribution >= 4 is 39.7 Å². The average Bonchev–Trinajstić information content (AvgIpc) is 0.806. The predicted octanol–water partition coefficient (Wildman–Crippen LogP) is 27.1. The van der Waals surface area contributed by atoms with Gasteiger partial charge in [0, 0.05) is 0 Å². The van der Waals surface area contributed by atoms with Crippen LogP contribution in [-0.2, 0) is 0 Å². The maximum Gasteiger partial charge on any atom is 0.130 e. The summed E-state index contributed by atoms with van der Waals surface area (Å²) in [6.07, 6.45) is 28.8. The Balaban J connectivity index is 0.000000180. The second kappa shape index (κ2) is 34.6. The van der Waals surface area contributed by atoms with Crippen molar-refractivity contribution < 1.29 is 9.47 Å². The summed E-state index contributed by atoms with van der Waals surface area (Å²) in [5.41, 5.74) is 21.4. The molecule has 4 fully saturated rings. The molecule has 0 aliphatic heterocycles. The molecule has 0 amide bonds. The number of hydrogen-bond acceptors (Lipinski definition) is 2. The molecule has 6 aromatic rings. The van der Waals surface area contributed by atoms with Crippen molar-refractivity contribution in [1.29, 1.82) is 0 Å². The zero-order valence-electron chi connectivity index (χ0n) is 62.5. The summed E-state index contributed by atoms with van der Waals surface area (Å²) in [4.78, 5) is 0. The normalized spacial score (nSPS) is 16.9. The lowest BCUT2D eigenvalue weighted by Gasteiger charge is -2.43. The van der Waals surface area contributed by atoms with Gasteiger partial charge in [0.1, 0.15) is 11.5 Å². The maximum absolute atomic E-state index is 5.80. The fraction of sp³-hybridized carbons (Fsp3) is 0.591. The first-order valence-electron chi connectivity index (χ1n) is 37.6. The lowest BCUT2D eigenvalue weighted by atomic mass is 9.82. The van der Waals surface area contributed by atoms with Crippen LogP contribution in [0.25, 0.3) is 33.4 Å². The van der Waals surface area contributed by atoms with E-state index in [0.717, 1.165) is 39.7 Å². The standard InChI is InChI=1S/C33H49P.C29H45P.C26H35O2P/c1-23(2)26-21-30(24(3)4)33(31(22-26)25(5)6)29-19-13-14-20-32(29)34(27-15-9-7-10-16-27)28-17-11-8-12-18-28;1-19(2)22-17-24(20(3)4)27(25(18-22)21(5)6)23-15-13-14-16-26(23)30(28(7,8)9)29(10,11)12;1-27-23-17-11-18-24(28-2)26(23)22-16-9-10-19-25(22)29(20-12-5-3-6-13-20)21-14-7-4-8-15-21/h13-14,19-25,27-28H,7-12,15-18H2,1-6H3;13-21H,1-12H3;9-11,16-21H,3-8,12-15H2,1-2H3. The molecule has 0 aromatic heterocycles. The summed E-state index contributed by atoms with van der Waals surface area (Å²) in [7, 11) is 2.87.